The van der Waals surface area contributed by atoms with Gasteiger partial charge in [-0.05, 0) is 30.3 Å². The lowest BCUT2D eigenvalue weighted by Crippen LogP contribution is -2.14. The number of halogens is 2. The van der Waals surface area contributed by atoms with Crippen LogP contribution in [0.1, 0.15) is 10.4 Å². The summed E-state index contributed by atoms with van der Waals surface area (Å²) in [4.78, 5) is 15.7. The number of pyridine rings is 1. The summed E-state index contributed by atoms with van der Waals surface area (Å²) in [7, 11) is 0. The van der Waals surface area contributed by atoms with Gasteiger partial charge in [0.2, 0.25) is 0 Å². The van der Waals surface area contributed by atoms with Crippen LogP contribution in [0, 0.1) is 5.82 Å². The second-order valence-corrected chi connectivity index (χ2v) is 3.99. The summed E-state index contributed by atoms with van der Waals surface area (Å²) in [5, 5.41) is 2.90. The van der Waals surface area contributed by atoms with E-state index in [1.54, 1.807) is 6.07 Å². The molecule has 1 aromatic heterocycles. The molecule has 1 aromatic carbocycles. The molecule has 4 nitrogen and oxygen atoms in total. The maximum atomic E-state index is 13.4. The topological polar surface area (TPSA) is 68.0 Å². The van der Waals surface area contributed by atoms with Crippen LogP contribution in [0.15, 0.2) is 36.5 Å². The molecular weight excluding hydrogens is 257 g/mol. The SMILES string of the molecule is Nc1ccc(F)c(C(=O)Nc2ccc(Cl)cn2)c1. The van der Waals surface area contributed by atoms with Crippen molar-refractivity contribution in [2.75, 3.05) is 11.1 Å². The van der Waals surface area contributed by atoms with Gasteiger partial charge in [-0.3, -0.25) is 4.79 Å². The monoisotopic (exact) mass is 265 g/mol. The van der Waals surface area contributed by atoms with Gasteiger partial charge in [0.25, 0.3) is 5.91 Å². The lowest BCUT2D eigenvalue weighted by molar-refractivity contribution is 0.102. The molecule has 2 rings (SSSR count). The first kappa shape index (κ1) is 12.3. The van der Waals surface area contributed by atoms with E-state index in [1.807, 2.05) is 0 Å². The number of benzene rings is 1. The molecule has 0 bridgehead atoms. The van der Waals surface area contributed by atoms with E-state index >= 15 is 0 Å². The first-order chi connectivity index (χ1) is 8.56. The molecule has 1 amide bonds. The van der Waals surface area contributed by atoms with Crippen molar-refractivity contribution in [1.29, 1.82) is 0 Å². The van der Waals surface area contributed by atoms with Gasteiger partial charge < -0.3 is 11.1 Å². The maximum Gasteiger partial charge on any atom is 0.259 e. The smallest absolute Gasteiger partial charge is 0.259 e. The normalized spacial score (nSPS) is 10.1. The zero-order chi connectivity index (χ0) is 13.1. The van der Waals surface area contributed by atoms with Gasteiger partial charge in [-0.15, -0.1) is 0 Å². The van der Waals surface area contributed by atoms with Crippen molar-refractivity contribution >= 4 is 29.0 Å². The van der Waals surface area contributed by atoms with Gasteiger partial charge in [0.15, 0.2) is 0 Å². The Morgan fingerprint density at radius 1 is 1.33 bits per heavy atom. The van der Waals surface area contributed by atoms with Crippen molar-refractivity contribution in [3.05, 3.63) is 52.9 Å². The number of nitrogens with one attached hydrogen (secondary N) is 1. The molecule has 0 unspecified atom stereocenters. The average molecular weight is 266 g/mol. The average Bonchev–Trinajstić information content (AvgIpc) is 2.35. The van der Waals surface area contributed by atoms with Gasteiger partial charge >= 0.3 is 0 Å². The molecule has 92 valence electrons. The number of hydrogen-bond acceptors (Lipinski definition) is 3. The van der Waals surface area contributed by atoms with Crippen molar-refractivity contribution in [2.24, 2.45) is 0 Å². The number of nitrogens with two attached hydrogens (primary N) is 1. The zero-order valence-electron chi connectivity index (χ0n) is 9.15. The number of amides is 1. The van der Waals surface area contributed by atoms with Gasteiger partial charge in [-0.1, -0.05) is 11.6 Å². The fourth-order valence-electron chi connectivity index (χ4n) is 1.35. The first-order valence-electron chi connectivity index (χ1n) is 5.04. The second-order valence-electron chi connectivity index (χ2n) is 3.56. The van der Waals surface area contributed by atoms with Crippen molar-refractivity contribution < 1.29 is 9.18 Å². The van der Waals surface area contributed by atoms with Crippen molar-refractivity contribution in [3.63, 3.8) is 0 Å². The van der Waals surface area contributed by atoms with E-state index in [0.717, 1.165) is 6.07 Å². The molecule has 0 spiro atoms. The summed E-state index contributed by atoms with van der Waals surface area (Å²) < 4.78 is 13.4. The van der Waals surface area contributed by atoms with Crippen LogP contribution in [0.4, 0.5) is 15.9 Å². The van der Waals surface area contributed by atoms with E-state index in [1.165, 1.54) is 24.4 Å². The predicted octanol–water partition coefficient (Wildman–Crippen LogP) is 2.71. The molecule has 0 atom stereocenters. The highest BCUT2D eigenvalue weighted by atomic mass is 35.5. The van der Waals surface area contributed by atoms with Gasteiger partial charge in [0, 0.05) is 11.9 Å². The molecular formula is C12H9ClFN3O. The van der Waals surface area contributed by atoms with E-state index in [4.69, 9.17) is 17.3 Å². The minimum Gasteiger partial charge on any atom is -0.399 e. The zero-order valence-corrected chi connectivity index (χ0v) is 9.91. The summed E-state index contributed by atoms with van der Waals surface area (Å²) in [6, 6.07) is 6.87. The third kappa shape index (κ3) is 2.75. The van der Waals surface area contributed by atoms with Crippen LogP contribution in [0.3, 0.4) is 0 Å². The number of nitrogen functional groups attached to an aromatic ring is 1. The Balaban J connectivity index is 2.21. The third-order valence-electron chi connectivity index (χ3n) is 2.20. The Labute approximate surface area is 108 Å². The van der Waals surface area contributed by atoms with Crippen LogP contribution in [0.5, 0.6) is 0 Å². The Morgan fingerprint density at radius 2 is 2.11 bits per heavy atom. The molecule has 0 fully saturated rings. The summed E-state index contributed by atoms with van der Waals surface area (Å²) in [6.45, 7) is 0. The third-order valence-corrected chi connectivity index (χ3v) is 2.43. The lowest BCUT2D eigenvalue weighted by Gasteiger charge is -2.06. The maximum absolute atomic E-state index is 13.4. The number of nitrogens with zero attached hydrogens (tertiary/aromatic N) is 1. The fraction of sp³-hybridized carbons (Fsp3) is 0. The van der Waals surface area contributed by atoms with Crippen LogP contribution in [0.25, 0.3) is 0 Å². The van der Waals surface area contributed by atoms with Gasteiger partial charge in [-0.25, -0.2) is 9.37 Å². The summed E-state index contributed by atoms with van der Waals surface area (Å²) >= 11 is 5.66. The number of carbonyl (C=O) groups excluding carboxylic acids is 1. The highest BCUT2D eigenvalue weighted by Crippen LogP contribution is 2.15. The molecule has 0 aliphatic heterocycles. The van der Waals surface area contributed by atoms with Crippen LogP contribution < -0.4 is 11.1 Å². The molecule has 0 saturated carbocycles. The quantitative estimate of drug-likeness (QED) is 0.821. The molecule has 2 aromatic rings. The van der Waals surface area contributed by atoms with Crippen molar-refractivity contribution in [1.82, 2.24) is 4.98 Å². The highest BCUT2D eigenvalue weighted by molar-refractivity contribution is 6.30. The van der Waals surface area contributed by atoms with Gasteiger partial charge in [-0.2, -0.15) is 0 Å². The van der Waals surface area contributed by atoms with E-state index in [9.17, 15) is 9.18 Å². The first-order valence-corrected chi connectivity index (χ1v) is 5.42. The Hall–Kier alpha value is -2.14. The van der Waals surface area contributed by atoms with Crippen molar-refractivity contribution in [2.45, 2.75) is 0 Å². The fourth-order valence-corrected chi connectivity index (χ4v) is 1.46. The highest BCUT2D eigenvalue weighted by Gasteiger charge is 2.12. The van der Waals surface area contributed by atoms with E-state index in [2.05, 4.69) is 10.3 Å². The Kier molecular flexibility index (Phi) is 3.43. The van der Waals surface area contributed by atoms with Crippen LogP contribution in [-0.2, 0) is 0 Å². The molecule has 0 aliphatic rings. The molecule has 3 N–H and O–H groups in total. The van der Waals surface area contributed by atoms with Gasteiger partial charge in [0.05, 0.1) is 10.6 Å². The van der Waals surface area contributed by atoms with Crippen molar-refractivity contribution in [3.8, 4) is 0 Å². The number of rotatable bonds is 2. The van der Waals surface area contributed by atoms with Crippen LogP contribution >= 0.6 is 11.6 Å². The van der Waals surface area contributed by atoms with E-state index in [-0.39, 0.29) is 11.4 Å². The van der Waals surface area contributed by atoms with Crippen LogP contribution in [0.2, 0.25) is 5.02 Å². The molecule has 0 radical (unpaired) electrons. The number of anilines is 2. The van der Waals surface area contributed by atoms with Gasteiger partial charge in [0.1, 0.15) is 11.6 Å². The molecule has 18 heavy (non-hydrogen) atoms. The number of hydrogen-bond donors (Lipinski definition) is 2. The predicted molar refractivity (Wildman–Crippen MR) is 68.0 cm³/mol. The Bertz CT molecular complexity index is 586. The second kappa shape index (κ2) is 5.01. The summed E-state index contributed by atoms with van der Waals surface area (Å²) in [5.41, 5.74) is 5.68. The minimum absolute atomic E-state index is 0.133. The Morgan fingerprint density at radius 3 is 2.78 bits per heavy atom. The molecule has 1 heterocycles. The number of aromatic nitrogens is 1. The lowest BCUT2D eigenvalue weighted by atomic mass is 10.2. The molecule has 0 aliphatic carbocycles. The summed E-state index contributed by atoms with van der Waals surface area (Å²) in [6.07, 6.45) is 1.38. The minimum atomic E-state index is -0.643. The standard InChI is InChI=1S/C12H9ClFN3O/c13-7-1-4-11(16-6-7)17-12(18)9-5-8(15)2-3-10(9)14/h1-6H,15H2,(H,16,17,18). The van der Waals surface area contributed by atoms with E-state index < -0.39 is 11.7 Å². The molecule has 0 saturated heterocycles. The number of carbonyl (C=O) groups is 1. The molecule has 6 heteroatoms. The van der Waals surface area contributed by atoms with E-state index in [0.29, 0.717) is 10.7 Å². The summed E-state index contributed by atoms with van der Waals surface area (Å²) in [5.74, 6) is -0.975. The largest absolute Gasteiger partial charge is 0.399 e. The van der Waals surface area contributed by atoms with Crippen LogP contribution in [-0.4, -0.2) is 10.9 Å².